The number of carbonyl (C=O) groups excluding carboxylic acids is 1. The fourth-order valence-electron chi connectivity index (χ4n) is 2.46. The van der Waals surface area contributed by atoms with Gasteiger partial charge in [0.05, 0.1) is 12.1 Å². The molecule has 0 radical (unpaired) electrons. The molecule has 1 saturated carbocycles. The van der Waals surface area contributed by atoms with E-state index in [1.165, 1.54) is 6.07 Å². The van der Waals surface area contributed by atoms with Gasteiger partial charge in [0.2, 0.25) is 0 Å². The molecule has 0 bridgehead atoms. The lowest BCUT2D eigenvalue weighted by atomic mass is 10.0. The number of aromatic hydroxyl groups is 1. The van der Waals surface area contributed by atoms with Gasteiger partial charge in [-0.05, 0) is 37.5 Å². The van der Waals surface area contributed by atoms with E-state index in [2.05, 4.69) is 5.32 Å². The molecule has 0 aromatic heterocycles. The fraction of sp³-hybridized carbons (Fsp3) is 0.533. The van der Waals surface area contributed by atoms with E-state index in [-0.39, 0.29) is 17.7 Å². The quantitative estimate of drug-likeness (QED) is 0.716. The SMILES string of the molecule is Cc1ccc(C(=O)NC2CCCCCC2O)cc1O. The highest BCUT2D eigenvalue weighted by Crippen LogP contribution is 2.20. The van der Waals surface area contributed by atoms with Gasteiger partial charge in [-0.2, -0.15) is 0 Å². The minimum atomic E-state index is -0.467. The van der Waals surface area contributed by atoms with Crippen LogP contribution in [0.25, 0.3) is 0 Å². The lowest BCUT2D eigenvalue weighted by Gasteiger charge is -2.21. The molecule has 1 aliphatic carbocycles. The average Bonchev–Trinajstić information content (AvgIpc) is 2.58. The Morgan fingerprint density at radius 2 is 2.00 bits per heavy atom. The monoisotopic (exact) mass is 263 g/mol. The smallest absolute Gasteiger partial charge is 0.251 e. The van der Waals surface area contributed by atoms with Crippen LogP contribution in [0.3, 0.4) is 0 Å². The predicted octanol–water partition coefficient (Wildman–Crippen LogP) is 2.12. The number of aliphatic hydroxyl groups excluding tert-OH is 1. The average molecular weight is 263 g/mol. The van der Waals surface area contributed by atoms with Gasteiger partial charge in [-0.25, -0.2) is 0 Å². The van der Waals surface area contributed by atoms with E-state index in [4.69, 9.17) is 0 Å². The van der Waals surface area contributed by atoms with Gasteiger partial charge in [0.25, 0.3) is 5.91 Å². The maximum Gasteiger partial charge on any atom is 0.251 e. The van der Waals surface area contributed by atoms with Gasteiger partial charge < -0.3 is 15.5 Å². The van der Waals surface area contributed by atoms with E-state index >= 15 is 0 Å². The first kappa shape index (κ1) is 13.9. The van der Waals surface area contributed by atoms with Crippen LogP contribution in [-0.2, 0) is 0 Å². The molecule has 0 aliphatic heterocycles. The Morgan fingerprint density at radius 1 is 1.26 bits per heavy atom. The highest BCUT2D eigenvalue weighted by Gasteiger charge is 2.23. The largest absolute Gasteiger partial charge is 0.508 e. The first-order valence-electron chi connectivity index (χ1n) is 6.86. The zero-order chi connectivity index (χ0) is 13.8. The number of nitrogens with one attached hydrogen (secondary N) is 1. The number of rotatable bonds is 2. The van der Waals surface area contributed by atoms with Gasteiger partial charge in [-0.3, -0.25) is 4.79 Å². The van der Waals surface area contributed by atoms with Gasteiger partial charge in [-0.1, -0.05) is 25.3 Å². The molecule has 2 atom stereocenters. The summed E-state index contributed by atoms with van der Waals surface area (Å²) in [5.74, 6) is -0.115. The number of aryl methyl sites for hydroxylation is 1. The molecule has 1 aromatic carbocycles. The predicted molar refractivity (Wildman–Crippen MR) is 73.2 cm³/mol. The van der Waals surface area contributed by atoms with Crippen molar-refractivity contribution in [3.8, 4) is 5.75 Å². The molecule has 104 valence electrons. The summed E-state index contributed by atoms with van der Waals surface area (Å²) in [6, 6.07) is 4.69. The summed E-state index contributed by atoms with van der Waals surface area (Å²) in [7, 11) is 0. The second kappa shape index (κ2) is 6.06. The minimum Gasteiger partial charge on any atom is -0.508 e. The molecule has 0 spiro atoms. The molecule has 19 heavy (non-hydrogen) atoms. The Hall–Kier alpha value is -1.55. The van der Waals surface area contributed by atoms with Crippen molar-refractivity contribution in [1.29, 1.82) is 0 Å². The Morgan fingerprint density at radius 3 is 2.74 bits per heavy atom. The van der Waals surface area contributed by atoms with E-state index in [1.54, 1.807) is 19.1 Å². The number of hydrogen-bond acceptors (Lipinski definition) is 3. The summed E-state index contributed by atoms with van der Waals surface area (Å²) in [6.07, 6.45) is 4.23. The third-order valence-corrected chi connectivity index (χ3v) is 3.77. The van der Waals surface area contributed by atoms with Gasteiger partial charge in [0, 0.05) is 5.56 Å². The van der Waals surface area contributed by atoms with E-state index in [9.17, 15) is 15.0 Å². The topological polar surface area (TPSA) is 69.6 Å². The number of amides is 1. The van der Waals surface area contributed by atoms with Crippen LogP contribution in [0.5, 0.6) is 5.75 Å². The molecule has 1 amide bonds. The van der Waals surface area contributed by atoms with Crippen LogP contribution in [0, 0.1) is 6.92 Å². The zero-order valence-electron chi connectivity index (χ0n) is 11.2. The van der Waals surface area contributed by atoms with Crippen molar-refractivity contribution in [3.05, 3.63) is 29.3 Å². The molecule has 0 heterocycles. The Labute approximate surface area is 113 Å². The molecule has 4 nitrogen and oxygen atoms in total. The minimum absolute atomic E-state index is 0.120. The van der Waals surface area contributed by atoms with E-state index < -0.39 is 6.10 Å². The second-order valence-electron chi connectivity index (χ2n) is 5.29. The normalized spacial score (nSPS) is 23.7. The highest BCUT2D eigenvalue weighted by molar-refractivity contribution is 5.94. The molecular formula is C15H21NO3. The maximum absolute atomic E-state index is 12.1. The Kier molecular flexibility index (Phi) is 4.43. The molecule has 1 aliphatic rings. The summed E-state index contributed by atoms with van der Waals surface area (Å²) in [5.41, 5.74) is 1.17. The number of benzene rings is 1. The summed E-state index contributed by atoms with van der Waals surface area (Å²) >= 11 is 0. The first-order valence-corrected chi connectivity index (χ1v) is 6.86. The van der Waals surface area contributed by atoms with Crippen LogP contribution in [0.4, 0.5) is 0 Å². The van der Waals surface area contributed by atoms with Crippen LogP contribution < -0.4 is 5.32 Å². The van der Waals surface area contributed by atoms with Crippen molar-refractivity contribution in [2.45, 2.75) is 51.2 Å². The number of aliphatic hydroxyl groups is 1. The van der Waals surface area contributed by atoms with E-state index in [0.717, 1.165) is 37.7 Å². The van der Waals surface area contributed by atoms with E-state index in [0.29, 0.717) is 5.56 Å². The van der Waals surface area contributed by atoms with Crippen molar-refractivity contribution >= 4 is 5.91 Å². The van der Waals surface area contributed by atoms with Crippen LogP contribution in [0.2, 0.25) is 0 Å². The van der Waals surface area contributed by atoms with Crippen molar-refractivity contribution in [2.75, 3.05) is 0 Å². The van der Waals surface area contributed by atoms with E-state index in [1.807, 2.05) is 0 Å². The lowest BCUT2D eigenvalue weighted by Crippen LogP contribution is -2.42. The van der Waals surface area contributed by atoms with Crippen molar-refractivity contribution in [3.63, 3.8) is 0 Å². The van der Waals surface area contributed by atoms with Crippen LogP contribution in [0.1, 0.15) is 48.0 Å². The summed E-state index contributed by atoms with van der Waals surface area (Å²) in [4.78, 5) is 12.1. The van der Waals surface area contributed by atoms with Gasteiger partial charge in [0.15, 0.2) is 0 Å². The molecule has 4 heteroatoms. The summed E-state index contributed by atoms with van der Waals surface area (Å²) < 4.78 is 0. The van der Waals surface area contributed by atoms with Crippen LogP contribution >= 0.6 is 0 Å². The third-order valence-electron chi connectivity index (χ3n) is 3.77. The van der Waals surface area contributed by atoms with Gasteiger partial charge in [0.1, 0.15) is 5.75 Å². The van der Waals surface area contributed by atoms with Gasteiger partial charge in [-0.15, -0.1) is 0 Å². The molecule has 1 fully saturated rings. The number of phenols is 1. The number of hydrogen-bond donors (Lipinski definition) is 3. The van der Waals surface area contributed by atoms with Crippen LogP contribution in [0.15, 0.2) is 18.2 Å². The zero-order valence-corrected chi connectivity index (χ0v) is 11.2. The van der Waals surface area contributed by atoms with Crippen LogP contribution in [-0.4, -0.2) is 28.3 Å². The maximum atomic E-state index is 12.1. The summed E-state index contributed by atoms with van der Waals surface area (Å²) in [5, 5.41) is 22.5. The molecule has 0 saturated heterocycles. The Bertz CT molecular complexity index is 459. The summed E-state index contributed by atoms with van der Waals surface area (Å²) in [6.45, 7) is 1.78. The fourth-order valence-corrected chi connectivity index (χ4v) is 2.46. The second-order valence-corrected chi connectivity index (χ2v) is 5.29. The lowest BCUT2D eigenvalue weighted by molar-refractivity contribution is 0.0818. The number of carbonyl (C=O) groups is 1. The molecule has 1 aromatic rings. The first-order chi connectivity index (χ1) is 9.08. The third kappa shape index (κ3) is 3.47. The number of phenolic OH excluding ortho intramolecular Hbond substituents is 1. The van der Waals surface area contributed by atoms with Crippen molar-refractivity contribution < 1.29 is 15.0 Å². The highest BCUT2D eigenvalue weighted by atomic mass is 16.3. The Balaban J connectivity index is 2.05. The molecular weight excluding hydrogens is 242 g/mol. The van der Waals surface area contributed by atoms with Crippen molar-refractivity contribution in [2.24, 2.45) is 0 Å². The van der Waals surface area contributed by atoms with Gasteiger partial charge >= 0.3 is 0 Å². The van der Waals surface area contributed by atoms with Crippen molar-refractivity contribution in [1.82, 2.24) is 5.32 Å². The molecule has 3 N–H and O–H groups in total. The molecule has 2 unspecified atom stereocenters. The standard InChI is InChI=1S/C15H21NO3/c1-10-7-8-11(9-14(10)18)15(19)16-12-5-3-2-4-6-13(12)17/h7-9,12-13,17-18H,2-6H2,1H3,(H,16,19). The molecule has 2 rings (SSSR count).